The largest absolute Gasteiger partial charge is 0.394 e. The van der Waals surface area contributed by atoms with Gasteiger partial charge in [-0.2, -0.15) is 0 Å². The second-order valence-electron chi connectivity index (χ2n) is 5.99. The number of carbonyl (C=O) groups excluding carboxylic acids is 1. The zero-order chi connectivity index (χ0) is 18.0. The molecule has 0 aliphatic heterocycles. The number of carbonyl (C=O) groups is 1. The van der Waals surface area contributed by atoms with E-state index in [2.05, 4.69) is 4.98 Å². The number of nitrogens with one attached hydrogen (secondary N) is 1. The molecule has 0 saturated heterocycles. The summed E-state index contributed by atoms with van der Waals surface area (Å²) in [6, 6.07) is 13.3. The predicted octanol–water partition coefficient (Wildman–Crippen LogP) is 2.29. The van der Waals surface area contributed by atoms with Crippen molar-refractivity contribution in [2.75, 3.05) is 6.61 Å². The van der Waals surface area contributed by atoms with Gasteiger partial charge in [-0.15, -0.1) is 0 Å². The van der Waals surface area contributed by atoms with Crippen molar-refractivity contribution in [3.63, 3.8) is 0 Å². The van der Waals surface area contributed by atoms with Crippen molar-refractivity contribution in [2.24, 2.45) is 5.73 Å². The van der Waals surface area contributed by atoms with Crippen LogP contribution in [0.25, 0.3) is 22.2 Å². The Morgan fingerprint density at radius 3 is 2.48 bits per heavy atom. The number of nitrogens with two attached hydrogens (primary N) is 1. The Morgan fingerprint density at radius 2 is 1.84 bits per heavy atom. The molecule has 25 heavy (non-hydrogen) atoms. The summed E-state index contributed by atoms with van der Waals surface area (Å²) >= 11 is 0. The fourth-order valence-corrected chi connectivity index (χ4v) is 3.09. The lowest BCUT2D eigenvalue weighted by Gasteiger charge is -2.18. The number of amides is 1. The molecule has 2 aromatic carbocycles. The summed E-state index contributed by atoms with van der Waals surface area (Å²) in [6.45, 7) is -0.460. The summed E-state index contributed by atoms with van der Waals surface area (Å²) in [4.78, 5) is 15.3. The molecule has 0 bridgehead atoms. The summed E-state index contributed by atoms with van der Waals surface area (Å²) < 4.78 is 13.3. The standard InChI is InChI=1S/C19H19FN2O3/c20-12-7-5-11(6-8-12)18-17(14-3-1-2-4-16(14)22-18)15(19(21)25)9-13(24)10-23/h1-8,13,15,22-24H,9-10H2,(H2,21,25). The number of para-hydroxylation sites is 1. The van der Waals surface area contributed by atoms with Crippen LogP contribution in [-0.4, -0.2) is 33.8 Å². The van der Waals surface area contributed by atoms with Gasteiger partial charge < -0.3 is 20.9 Å². The minimum absolute atomic E-state index is 0.00186. The van der Waals surface area contributed by atoms with Gasteiger partial charge in [-0.05, 0) is 47.9 Å². The lowest BCUT2D eigenvalue weighted by molar-refractivity contribution is -0.120. The normalized spacial score (nSPS) is 13.7. The number of benzene rings is 2. The maximum Gasteiger partial charge on any atom is 0.225 e. The highest BCUT2D eigenvalue weighted by atomic mass is 19.1. The number of aromatic amines is 1. The number of aliphatic hydroxyl groups is 2. The molecule has 3 aromatic rings. The first-order valence-electron chi connectivity index (χ1n) is 7.96. The number of fused-ring (bicyclic) bond motifs is 1. The van der Waals surface area contributed by atoms with Crippen molar-refractivity contribution in [1.82, 2.24) is 4.98 Å². The van der Waals surface area contributed by atoms with E-state index in [0.29, 0.717) is 16.8 Å². The van der Waals surface area contributed by atoms with Gasteiger partial charge in [0.05, 0.1) is 24.3 Å². The van der Waals surface area contributed by atoms with Gasteiger partial charge >= 0.3 is 0 Å². The number of rotatable bonds is 6. The second kappa shape index (κ2) is 7.04. The van der Waals surface area contributed by atoms with Gasteiger partial charge in [-0.25, -0.2) is 4.39 Å². The number of hydrogen-bond donors (Lipinski definition) is 4. The number of H-pyrrole nitrogens is 1. The van der Waals surface area contributed by atoms with Crippen LogP contribution < -0.4 is 5.73 Å². The third kappa shape index (κ3) is 3.40. The Morgan fingerprint density at radius 1 is 1.16 bits per heavy atom. The molecule has 0 aliphatic rings. The van der Waals surface area contributed by atoms with Crippen molar-refractivity contribution in [3.05, 3.63) is 59.9 Å². The Labute approximate surface area is 143 Å². The highest BCUT2D eigenvalue weighted by Gasteiger charge is 2.28. The molecule has 0 radical (unpaired) electrons. The molecule has 1 heterocycles. The van der Waals surface area contributed by atoms with E-state index in [1.807, 2.05) is 24.3 Å². The molecule has 3 rings (SSSR count). The minimum Gasteiger partial charge on any atom is -0.394 e. The number of aromatic nitrogens is 1. The van der Waals surface area contributed by atoms with E-state index in [1.54, 1.807) is 12.1 Å². The Hall–Kier alpha value is -2.70. The van der Waals surface area contributed by atoms with Gasteiger partial charge in [0.2, 0.25) is 5.91 Å². The average Bonchev–Trinajstić information content (AvgIpc) is 2.99. The minimum atomic E-state index is -1.06. The van der Waals surface area contributed by atoms with Crippen LogP contribution >= 0.6 is 0 Å². The monoisotopic (exact) mass is 342 g/mol. The predicted molar refractivity (Wildman–Crippen MR) is 93.3 cm³/mol. The van der Waals surface area contributed by atoms with Gasteiger partial charge in [0.25, 0.3) is 0 Å². The summed E-state index contributed by atoms with van der Waals surface area (Å²) in [6.07, 6.45) is -1.06. The molecular formula is C19H19FN2O3. The summed E-state index contributed by atoms with van der Waals surface area (Å²) in [5.41, 5.74) is 8.39. The maximum absolute atomic E-state index is 13.3. The van der Waals surface area contributed by atoms with Crippen molar-refractivity contribution in [3.8, 4) is 11.3 Å². The Bertz CT molecular complexity index is 889. The third-order valence-electron chi connectivity index (χ3n) is 4.29. The summed E-state index contributed by atoms with van der Waals surface area (Å²) in [7, 11) is 0. The molecule has 2 atom stereocenters. The van der Waals surface area contributed by atoms with Crippen molar-refractivity contribution >= 4 is 16.8 Å². The quantitative estimate of drug-likeness (QED) is 0.553. The van der Waals surface area contributed by atoms with E-state index in [1.165, 1.54) is 12.1 Å². The SMILES string of the molecule is NC(=O)C(CC(O)CO)c1c(-c2ccc(F)cc2)[nH]c2ccccc12. The van der Waals surface area contributed by atoms with Gasteiger partial charge in [0, 0.05) is 10.9 Å². The van der Waals surface area contributed by atoms with E-state index >= 15 is 0 Å². The molecule has 2 unspecified atom stereocenters. The second-order valence-corrected chi connectivity index (χ2v) is 5.99. The highest BCUT2D eigenvalue weighted by Crippen LogP contribution is 2.37. The van der Waals surface area contributed by atoms with Crippen LogP contribution in [0.1, 0.15) is 17.9 Å². The van der Waals surface area contributed by atoms with Crippen LogP contribution in [0.2, 0.25) is 0 Å². The van der Waals surface area contributed by atoms with Crippen molar-refractivity contribution < 1.29 is 19.4 Å². The fourth-order valence-electron chi connectivity index (χ4n) is 3.09. The summed E-state index contributed by atoms with van der Waals surface area (Å²) in [5.74, 6) is -1.75. The number of aliphatic hydroxyl groups excluding tert-OH is 2. The third-order valence-corrected chi connectivity index (χ3v) is 4.29. The van der Waals surface area contributed by atoms with E-state index in [9.17, 15) is 14.3 Å². The topological polar surface area (TPSA) is 99.3 Å². The number of hydrogen-bond acceptors (Lipinski definition) is 3. The van der Waals surface area contributed by atoms with Crippen LogP contribution in [0.5, 0.6) is 0 Å². The van der Waals surface area contributed by atoms with Gasteiger partial charge in [0.15, 0.2) is 0 Å². The van der Waals surface area contributed by atoms with E-state index in [4.69, 9.17) is 10.8 Å². The summed E-state index contributed by atoms with van der Waals surface area (Å²) in [5, 5.41) is 19.8. The first-order valence-corrected chi connectivity index (χ1v) is 7.96. The fraction of sp³-hybridized carbons (Fsp3) is 0.211. The molecule has 5 nitrogen and oxygen atoms in total. The highest BCUT2D eigenvalue weighted by molar-refractivity contribution is 5.97. The molecule has 0 spiro atoms. The number of halogens is 1. The van der Waals surface area contributed by atoms with Crippen LogP contribution in [0, 0.1) is 5.82 Å². The van der Waals surface area contributed by atoms with Crippen molar-refractivity contribution in [2.45, 2.75) is 18.4 Å². The van der Waals surface area contributed by atoms with Gasteiger partial charge in [-0.3, -0.25) is 4.79 Å². The van der Waals surface area contributed by atoms with E-state index in [0.717, 1.165) is 10.9 Å². The zero-order valence-electron chi connectivity index (χ0n) is 13.4. The lowest BCUT2D eigenvalue weighted by atomic mass is 9.88. The maximum atomic E-state index is 13.3. The molecule has 6 heteroatoms. The van der Waals surface area contributed by atoms with Crippen LogP contribution in [-0.2, 0) is 4.79 Å². The molecule has 1 amide bonds. The molecule has 1 aromatic heterocycles. The van der Waals surface area contributed by atoms with Gasteiger partial charge in [0.1, 0.15) is 5.82 Å². The molecule has 0 aliphatic carbocycles. The first kappa shape index (κ1) is 17.1. The zero-order valence-corrected chi connectivity index (χ0v) is 13.4. The molecular weight excluding hydrogens is 323 g/mol. The van der Waals surface area contributed by atoms with Crippen LogP contribution in [0.15, 0.2) is 48.5 Å². The van der Waals surface area contributed by atoms with Crippen molar-refractivity contribution in [1.29, 1.82) is 0 Å². The smallest absolute Gasteiger partial charge is 0.225 e. The molecule has 0 saturated carbocycles. The number of primary amides is 1. The average molecular weight is 342 g/mol. The molecule has 0 fully saturated rings. The van der Waals surface area contributed by atoms with E-state index in [-0.39, 0.29) is 12.2 Å². The van der Waals surface area contributed by atoms with E-state index < -0.39 is 24.5 Å². The first-order chi connectivity index (χ1) is 12.0. The molecule has 130 valence electrons. The van der Waals surface area contributed by atoms with Crippen LogP contribution in [0.3, 0.4) is 0 Å². The van der Waals surface area contributed by atoms with Crippen LogP contribution in [0.4, 0.5) is 4.39 Å². The molecule has 5 N–H and O–H groups in total. The Kier molecular flexibility index (Phi) is 4.83. The lowest BCUT2D eigenvalue weighted by Crippen LogP contribution is -2.27. The van der Waals surface area contributed by atoms with Gasteiger partial charge in [-0.1, -0.05) is 18.2 Å². The Balaban J connectivity index is 2.21.